The van der Waals surface area contributed by atoms with E-state index in [9.17, 15) is 24.2 Å². The fraction of sp³-hybridized carbons (Fsp3) is 0.811. The predicted octanol–water partition coefficient (Wildman–Crippen LogP) is 15.4. The molecule has 1 amide bonds. The lowest BCUT2D eigenvalue weighted by Gasteiger charge is -2.15. The normalized spacial score (nSPS) is 13.5. The minimum Gasteiger partial charge on any atom is -0.463 e. The molecule has 0 saturated carbocycles. The fourth-order valence-electron chi connectivity index (χ4n) is 7.31. The number of amides is 1. The van der Waals surface area contributed by atoms with Gasteiger partial charge in [0.2, 0.25) is 5.91 Å². The number of hydrogen-bond donors (Lipinski definition) is 3. The molecule has 0 aromatic carbocycles. The van der Waals surface area contributed by atoms with E-state index in [1.165, 1.54) is 141 Å². The van der Waals surface area contributed by atoms with E-state index in [0.29, 0.717) is 12.8 Å². The zero-order valence-electron chi connectivity index (χ0n) is 40.8. The molecule has 0 spiro atoms. The van der Waals surface area contributed by atoms with E-state index in [1.54, 1.807) is 0 Å². The van der Waals surface area contributed by atoms with Crippen molar-refractivity contribution in [3.8, 4) is 0 Å². The SMILES string of the molecule is CCCCC/C=C\C/C=C\C/C=C\C/C=C\CCCCCCCC(=O)OCC(O)COP(=O)(O)OCCNC(=O)CCCCCCCCCCCCCCCCCCCCCCC. The van der Waals surface area contributed by atoms with Gasteiger partial charge in [-0.3, -0.25) is 18.6 Å². The van der Waals surface area contributed by atoms with Crippen LogP contribution in [-0.2, 0) is 27.9 Å². The summed E-state index contributed by atoms with van der Waals surface area (Å²) in [5.41, 5.74) is 0. The van der Waals surface area contributed by atoms with Crippen LogP contribution in [0.4, 0.5) is 0 Å². The van der Waals surface area contributed by atoms with Gasteiger partial charge in [-0.25, -0.2) is 4.57 Å². The van der Waals surface area contributed by atoms with Crippen molar-refractivity contribution in [2.45, 2.75) is 251 Å². The van der Waals surface area contributed by atoms with Crippen LogP contribution in [0.5, 0.6) is 0 Å². The summed E-state index contributed by atoms with van der Waals surface area (Å²) < 4.78 is 27.0. The van der Waals surface area contributed by atoms with Crippen molar-refractivity contribution in [1.29, 1.82) is 0 Å². The third-order valence-corrected chi connectivity index (χ3v) is 12.2. The number of phosphoric acid groups is 1. The lowest BCUT2D eigenvalue weighted by molar-refractivity contribution is -0.147. The Balaban J connectivity index is 3.58. The summed E-state index contributed by atoms with van der Waals surface area (Å²) in [6.07, 6.45) is 59.1. The number of hydrogen-bond acceptors (Lipinski definition) is 7. The number of esters is 1. The summed E-state index contributed by atoms with van der Waals surface area (Å²) >= 11 is 0. The number of nitrogens with one attached hydrogen (secondary N) is 1. The average Bonchev–Trinajstić information content (AvgIpc) is 3.27. The Bertz CT molecular complexity index is 1170. The molecule has 2 unspecified atom stereocenters. The molecule has 9 nitrogen and oxygen atoms in total. The first-order valence-corrected chi connectivity index (χ1v) is 27.6. The van der Waals surface area contributed by atoms with E-state index in [1.807, 2.05) is 0 Å². The van der Waals surface area contributed by atoms with Crippen LogP contribution in [0.2, 0.25) is 0 Å². The zero-order chi connectivity index (χ0) is 46.0. The summed E-state index contributed by atoms with van der Waals surface area (Å²) in [4.78, 5) is 34.1. The standard InChI is InChI=1S/C53H98NO8P/c1-3-5-7-9-11-13-15-17-19-21-23-25-27-29-31-33-35-37-39-41-43-45-52(56)54-47-48-61-63(58,59)62-50-51(55)49-60-53(57)46-44-42-40-38-36-34-32-30-28-26-24-22-20-18-16-14-12-10-8-6-4-2/h12,14,18,20,24,26,30,32,51,55H,3-11,13,15-17,19,21-23,25,27-29,31,33-50H2,1-2H3,(H,54,56)(H,58,59)/b14-12-,20-18-,26-24-,32-30-. The van der Waals surface area contributed by atoms with E-state index >= 15 is 0 Å². The summed E-state index contributed by atoms with van der Waals surface area (Å²) in [5, 5.41) is 12.8. The van der Waals surface area contributed by atoms with Crippen LogP contribution < -0.4 is 5.32 Å². The molecular formula is C53H98NO8P. The number of aliphatic hydroxyl groups is 1. The third-order valence-electron chi connectivity index (χ3n) is 11.3. The number of aliphatic hydroxyl groups excluding tert-OH is 1. The quantitative estimate of drug-likeness (QED) is 0.0238. The predicted molar refractivity (Wildman–Crippen MR) is 266 cm³/mol. The lowest BCUT2D eigenvalue weighted by atomic mass is 10.0. The summed E-state index contributed by atoms with van der Waals surface area (Å²) in [6, 6.07) is 0. The second kappa shape index (κ2) is 49.4. The topological polar surface area (TPSA) is 131 Å². The molecule has 0 bridgehead atoms. The van der Waals surface area contributed by atoms with Crippen molar-refractivity contribution in [2.75, 3.05) is 26.4 Å². The first-order chi connectivity index (χ1) is 30.8. The summed E-state index contributed by atoms with van der Waals surface area (Å²) in [7, 11) is -4.43. The molecule has 0 radical (unpaired) electrons. The van der Waals surface area contributed by atoms with Crippen LogP contribution in [0.1, 0.15) is 245 Å². The van der Waals surface area contributed by atoms with Crippen LogP contribution in [0.25, 0.3) is 0 Å². The molecule has 368 valence electrons. The third kappa shape index (κ3) is 50.8. The van der Waals surface area contributed by atoms with Gasteiger partial charge in [0.1, 0.15) is 12.7 Å². The van der Waals surface area contributed by atoms with Crippen LogP contribution >= 0.6 is 7.82 Å². The summed E-state index contributed by atoms with van der Waals surface area (Å²) in [5.74, 6) is -0.527. The van der Waals surface area contributed by atoms with E-state index in [0.717, 1.165) is 70.6 Å². The van der Waals surface area contributed by atoms with Crippen molar-refractivity contribution in [3.05, 3.63) is 48.6 Å². The maximum Gasteiger partial charge on any atom is 0.472 e. The molecule has 0 aliphatic carbocycles. The molecule has 3 N–H and O–H groups in total. The first kappa shape index (κ1) is 61.0. The zero-order valence-corrected chi connectivity index (χ0v) is 41.7. The average molecular weight is 908 g/mol. The lowest BCUT2D eigenvalue weighted by Crippen LogP contribution is -2.27. The Labute approximate surface area is 387 Å². The number of unbranched alkanes of at least 4 members (excludes halogenated alkanes) is 28. The molecule has 0 fully saturated rings. The molecule has 0 aromatic heterocycles. The number of carbonyl (C=O) groups excluding carboxylic acids is 2. The largest absolute Gasteiger partial charge is 0.472 e. The van der Waals surface area contributed by atoms with Gasteiger partial charge in [-0.05, 0) is 57.8 Å². The van der Waals surface area contributed by atoms with E-state index in [4.69, 9.17) is 13.8 Å². The maximum atomic E-state index is 12.2. The highest BCUT2D eigenvalue weighted by molar-refractivity contribution is 7.47. The molecule has 0 aliphatic rings. The van der Waals surface area contributed by atoms with Gasteiger partial charge in [0, 0.05) is 19.4 Å². The highest BCUT2D eigenvalue weighted by atomic mass is 31.2. The molecule has 2 atom stereocenters. The van der Waals surface area contributed by atoms with Gasteiger partial charge in [-0.1, -0.05) is 223 Å². The monoisotopic (exact) mass is 908 g/mol. The van der Waals surface area contributed by atoms with Crippen molar-refractivity contribution in [2.24, 2.45) is 0 Å². The highest BCUT2D eigenvalue weighted by Crippen LogP contribution is 2.42. The summed E-state index contributed by atoms with van der Waals surface area (Å²) in [6.45, 7) is 3.54. The second-order valence-corrected chi connectivity index (χ2v) is 19.0. The number of phosphoric ester groups is 1. The van der Waals surface area contributed by atoms with Crippen molar-refractivity contribution in [1.82, 2.24) is 5.32 Å². The van der Waals surface area contributed by atoms with Gasteiger partial charge in [-0.15, -0.1) is 0 Å². The van der Waals surface area contributed by atoms with Crippen LogP contribution in [0, 0.1) is 0 Å². The number of rotatable bonds is 49. The Morgan fingerprint density at radius 2 is 0.857 bits per heavy atom. The molecule has 0 rings (SSSR count). The smallest absolute Gasteiger partial charge is 0.463 e. The van der Waals surface area contributed by atoms with Crippen molar-refractivity contribution in [3.63, 3.8) is 0 Å². The molecule has 0 aromatic rings. The fourth-order valence-corrected chi connectivity index (χ4v) is 8.06. The molecule has 0 saturated heterocycles. The molecule has 63 heavy (non-hydrogen) atoms. The number of ether oxygens (including phenoxy) is 1. The van der Waals surface area contributed by atoms with E-state index in [2.05, 4.69) is 67.8 Å². The molecule has 10 heteroatoms. The second-order valence-electron chi connectivity index (χ2n) is 17.5. The van der Waals surface area contributed by atoms with E-state index < -0.39 is 26.5 Å². The van der Waals surface area contributed by atoms with Gasteiger partial charge >= 0.3 is 13.8 Å². The van der Waals surface area contributed by atoms with Crippen LogP contribution in [0.15, 0.2) is 48.6 Å². The van der Waals surface area contributed by atoms with Crippen LogP contribution in [0.3, 0.4) is 0 Å². The minimum absolute atomic E-state index is 0.0809. The maximum absolute atomic E-state index is 12.2. The Kier molecular flexibility index (Phi) is 47.8. The van der Waals surface area contributed by atoms with Gasteiger partial charge in [0.05, 0.1) is 13.2 Å². The van der Waals surface area contributed by atoms with Crippen molar-refractivity contribution >= 4 is 19.7 Å². The highest BCUT2D eigenvalue weighted by Gasteiger charge is 2.23. The van der Waals surface area contributed by atoms with Gasteiger partial charge in [-0.2, -0.15) is 0 Å². The first-order valence-electron chi connectivity index (χ1n) is 26.1. The minimum atomic E-state index is -4.43. The molecule has 0 heterocycles. The van der Waals surface area contributed by atoms with Gasteiger partial charge in [0.15, 0.2) is 0 Å². The number of carbonyl (C=O) groups is 2. The Morgan fingerprint density at radius 1 is 0.492 bits per heavy atom. The Hall–Kier alpha value is -2.03. The van der Waals surface area contributed by atoms with Crippen LogP contribution in [-0.4, -0.2) is 54.3 Å². The molecular weight excluding hydrogens is 810 g/mol. The van der Waals surface area contributed by atoms with Gasteiger partial charge in [0.25, 0.3) is 0 Å². The molecule has 0 aliphatic heterocycles. The van der Waals surface area contributed by atoms with Crippen molar-refractivity contribution < 1.29 is 37.9 Å². The van der Waals surface area contributed by atoms with Gasteiger partial charge < -0.3 is 20.1 Å². The Morgan fingerprint density at radius 3 is 1.32 bits per heavy atom. The van der Waals surface area contributed by atoms with E-state index in [-0.39, 0.29) is 32.1 Å². The number of allylic oxidation sites excluding steroid dienone is 8.